The van der Waals surface area contributed by atoms with E-state index in [0.717, 1.165) is 56.0 Å². The second-order valence-electron chi connectivity index (χ2n) is 8.57. The van der Waals surface area contributed by atoms with Gasteiger partial charge in [0.25, 0.3) is 0 Å². The van der Waals surface area contributed by atoms with Gasteiger partial charge in [0, 0.05) is 58.8 Å². The number of para-hydroxylation sites is 1. The van der Waals surface area contributed by atoms with Crippen LogP contribution in [0.5, 0.6) is 0 Å². The molecule has 32 heavy (non-hydrogen) atoms. The number of imidazole rings is 1. The molecule has 3 aliphatic heterocycles. The quantitative estimate of drug-likeness (QED) is 0.537. The Labute approximate surface area is 187 Å². The fourth-order valence-electron chi connectivity index (χ4n) is 4.76. The summed E-state index contributed by atoms with van der Waals surface area (Å²) in [5.41, 5.74) is 2.40. The second-order valence-corrected chi connectivity index (χ2v) is 8.57. The van der Waals surface area contributed by atoms with Crippen LogP contribution in [-0.4, -0.2) is 71.2 Å². The van der Waals surface area contributed by atoms with Crippen molar-refractivity contribution in [3.05, 3.63) is 41.3 Å². The van der Waals surface area contributed by atoms with Crippen LogP contribution in [0.4, 0.5) is 5.69 Å². The minimum Gasteiger partial charge on any atom is -0.367 e. The van der Waals surface area contributed by atoms with E-state index >= 15 is 0 Å². The molecule has 0 aliphatic carbocycles. The lowest BCUT2D eigenvalue weighted by Crippen LogP contribution is -2.61. The van der Waals surface area contributed by atoms with E-state index in [1.54, 1.807) is 22.3 Å². The Morgan fingerprint density at radius 3 is 2.38 bits per heavy atom. The lowest BCUT2D eigenvalue weighted by atomic mass is 10.1. The molecule has 9 heteroatoms. The minimum atomic E-state index is -0.651. The molecule has 9 nitrogen and oxygen atoms in total. The Morgan fingerprint density at radius 2 is 1.78 bits per heavy atom. The average Bonchev–Trinajstić information content (AvgIpc) is 2.99. The van der Waals surface area contributed by atoms with E-state index in [0.29, 0.717) is 12.5 Å². The normalized spacial score (nSPS) is 22.2. The Morgan fingerprint density at radius 1 is 1.09 bits per heavy atom. The van der Waals surface area contributed by atoms with Gasteiger partial charge in [0.1, 0.15) is 6.04 Å². The number of benzene rings is 1. The van der Waals surface area contributed by atoms with Crippen LogP contribution in [0.15, 0.2) is 35.6 Å². The summed E-state index contributed by atoms with van der Waals surface area (Å²) in [4.78, 5) is 41.9. The first kappa shape index (κ1) is 22.3. The lowest BCUT2D eigenvalue weighted by Gasteiger charge is -2.44. The molecule has 3 saturated heterocycles. The van der Waals surface area contributed by atoms with E-state index in [2.05, 4.69) is 33.1 Å². The van der Waals surface area contributed by atoms with Crippen LogP contribution in [0, 0.1) is 0 Å². The van der Waals surface area contributed by atoms with E-state index in [-0.39, 0.29) is 18.0 Å². The Bertz CT molecular complexity index is 1080. The first-order valence-electron chi connectivity index (χ1n) is 11.3. The standard InChI is InChI=1S/C20H26N6O3.C3H6/c1-23-18-14(25-9-7-24(8-10-25)13-11-21-12-13)3-2-4-15(18)26(20(23)29)16-5-6-17(27)22-19(16)28;1-3-2/h2-4,13,16,21H,5-12H2,1H3,(H,22,27,28);3H,1H2,2H3. The molecule has 0 radical (unpaired) electrons. The van der Waals surface area contributed by atoms with Crippen molar-refractivity contribution in [1.82, 2.24) is 24.7 Å². The van der Waals surface area contributed by atoms with E-state index in [4.69, 9.17) is 0 Å². The number of anilines is 1. The molecule has 0 saturated carbocycles. The molecule has 1 aromatic heterocycles. The number of nitrogens with one attached hydrogen (secondary N) is 2. The lowest BCUT2D eigenvalue weighted by molar-refractivity contribution is -0.135. The van der Waals surface area contributed by atoms with E-state index < -0.39 is 11.9 Å². The van der Waals surface area contributed by atoms with Crippen LogP contribution in [-0.2, 0) is 16.6 Å². The van der Waals surface area contributed by atoms with E-state index in [9.17, 15) is 14.4 Å². The van der Waals surface area contributed by atoms with Crippen molar-refractivity contribution in [1.29, 1.82) is 0 Å². The van der Waals surface area contributed by atoms with Gasteiger partial charge in [-0.15, -0.1) is 6.58 Å². The molecule has 1 atom stereocenters. The number of amides is 2. The summed E-state index contributed by atoms with van der Waals surface area (Å²) in [6.07, 6.45) is 2.35. The van der Waals surface area contributed by atoms with Gasteiger partial charge in [-0.3, -0.25) is 28.9 Å². The van der Waals surface area contributed by atoms with E-state index in [1.807, 2.05) is 19.1 Å². The fourth-order valence-corrected chi connectivity index (χ4v) is 4.76. The molecule has 172 valence electrons. The number of imide groups is 1. The van der Waals surface area contributed by atoms with Crippen molar-refractivity contribution in [2.45, 2.75) is 31.8 Å². The Balaban J connectivity index is 0.000000775. The molecule has 4 heterocycles. The topological polar surface area (TPSA) is 91.6 Å². The summed E-state index contributed by atoms with van der Waals surface area (Å²) in [7, 11) is 1.76. The second kappa shape index (κ2) is 9.30. The van der Waals surface area contributed by atoms with Crippen molar-refractivity contribution in [3.63, 3.8) is 0 Å². The predicted molar refractivity (Wildman–Crippen MR) is 125 cm³/mol. The number of rotatable bonds is 3. The van der Waals surface area contributed by atoms with Crippen LogP contribution >= 0.6 is 0 Å². The third-order valence-corrected chi connectivity index (χ3v) is 6.53. The maximum Gasteiger partial charge on any atom is 0.329 e. The van der Waals surface area contributed by atoms with Crippen LogP contribution in [0.3, 0.4) is 0 Å². The molecule has 1 aromatic carbocycles. The summed E-state index contributed by atoms with van der Waals surface area (Å²) in [5, 5.41) is 5.70. The van der Waals surface area contributed by atoms with Gasteiger partial charge in [-0.1, -0.05) is 12.1 Å². The Hall–Kier alpha value is -2.91. The van der Waals surface area contributed by atoms with Crippen molar-refractivity contribution >= 4 is 28.5 Å². The molecule has 0 spiro atoms. The SMILES string of the molecule is C=CC.Cn1c(=O)n(C2CCC(=O)NC2=O)c2cccc(N3CCN(C4CNC4)CC3)c21. The van der Waals surface area contributed by atoms with Crippen molar-refractivity contribution in [2.75, 3.05) is 44.2 Å². The minimum absolute atomic E-state index is 0.221. The molecule has 3 aliphatic rings. The van der Waals surface area contributed by atoms with Gasteiger partial charge in [-0.25, -0.2) is 4.79 Å². The fraction of sp³-hybridized carbons (Fsp3) is 0.522. The highest BCUT2D eigenvalue weighted by Crippen LogP contribution is 2.30. The van der Waals surface area contributed by atoms with Crippen molar-refractivity contribution in [2.24, 2.45) is 7.05 Å². The molecule has 2 N–H and O–H groups in total. The highest BCUT2D eigenvalue weighted by molar-refractivity contribution is 6.00. The van der Waals surface area contributed by atoms with Gasteiger partial charge >= 0.3 is 5.69 Å². The third kappa shape index (κ3) is 3.98. The number of fused-ring (bicyclic) bond motifs is 1. The van der Waals surface area contributed by atoms with Crippen LogP contribution in [0.1, 0.15) is 25.8 Å². The summed E-state index contributed by atoms with van der Waals surface area (Å²) in [6.45, 7) is 11.2. The molecule has 2 aromatic rings. The number of piperazine rings is 1. The predicted octanol–water partition coefficient (Wildman–Crippen LogP) is 0.604. The number of piperidine rings is 1. The molecular weight excluding hydrogens is 408 g/mol. The number of nitrogens with zero attached hydrogens (tertiary/aromatic N) is 4. The summed E-state index contributed by atoms with van der Waals surface area (Å²) in [5.74, 6) is -0.677. The van der Waals surface area contributed by atoms with Crippen LogP contribution in [0.25, 0.3) is 11.0 Å². The zero-order valence-corrected chi connectivity index (χ0v) is 18.8. The van der Waals surface area contributed by atoms with Crippen LogP contribution in [0.2, 0.25) is 0 Å². The number of aromatic nitrogens is 2. The highest BCUT2D eigenvalue weighted by Gasteiger charge is 2.33. The smallest absolute Gasteiger partial charge is 0.329 e. The summed E-state index contributed by atoms with van der Waals surface area (Å²) < 4.78 is 3.19. The number of hydrogen-bond donors (Lipinski definition) is 2. The number of carbonyl (C=O) groups excluding carboxylic acids is 2. The first-order chi connectivity index (χ1) is 15.5. The van der Waals surface area contributed by atoms with Gasteiger partial charge < -0.3 is 10.2 Å². The maximum absolute atomic E-state index is 13.1. The van der Waals surface area contributed by atoms with Crippen molar-refractivity contribution in [3.8, 4) is 0 Å². The van der Waals surface area contributed by atoms with Gasteiger partial charge in [0.05, 0.1) is 16.7 Å². The zero-order chi connectivity index (χ0) is 22.8. The summed E-state index contributed by atoms with van der Waals surface area (Å²) in [6, 6.07) is 5.88. The number of allylic oxidation sites excluding steroid dienone is 1. The number of aryl methyl sites for hydroxylation is 1. The maximum atomic E-state index is 13.1. The molecule has 3 fully saturated rings. The van der Waals surface area contributed by atoms with Gasteiger partial charge in [0.2, 0.25) is 11.8 Å². The first-order valence-corrected chi connectivity index (χ1v) is 11.3. The largest absolute Gasteiger partial charge is 0.367 e. The monoisotopic (exact) mass is 440 g/mol. The van der Waals surface area contributed by atoms with Crippen molar-refractivity contribution < 1.29 is 9.59 Å². The van der Waals surface area contributed by atoms with Gasteiger partial charge in [-0.2, -0.15) is 0 Å². The molecule has 5 rings (SSSR count). The molecule has 1 unspecified atom stereocenters. The average molecular weight is 441 g/mol. The van der Waals surface area contributed by atoms with Gasteiger partial charge in [0.15, 0.2) is 0 Å². The summed E-state index contributed by atoms with van der Waals surface area (Å²) >= 11 is 0. The molecule has 2 amide bonds. The van der Waals surface area contributed by atoms with Crippen LogP contribution < -0.4 is 21.2 Å². The van der Waals surface area contributed by atoms with E-state index in [1.165, 1.54) is 0 Å². The highest BCUT2D eigenvalue weighted by atomic mass is 16.2. The third-order valence-electron chi connectivity index (χ3n) is 6.53. The molecular formula is C23H32N6O3. The molecule has 0 bridgehead atoms. The van der Waals surface area contributed by atoms with Gasteiger partial charge in [-0.05, 0) is 25.5 Å². The number of hydrogen-bond acceptors (Lipinski definition) is 6. The zero-order valence-electron chi connectivity index (χ0n) is 18.8. The number of carbonyl (C=O) groups is 2. The Kier molecular flexibility index (Phi) is 6.48.